The van der Waals surface area contributed by atoms with Crippen LogP contribution in [0.3, 0.4) is 0 Å². The SMILES string of the molecule is CC(C)c1nn([C@@H]2O[C@H](COS(N)(=O)=O)C(O)[C@@H]2O)c2ncnc(N)c12. The van der Waals surface area contributed by atoms with E-state index in [9.17, 15) is 18.6 Å². The van der Waals surface area contributed by atoms with E-state index < -0.39 is 41.5 Å². The van der Waals surface area contributed by atoms with Gasteiger partial charge in [-0.15, -0.1) is 0 Å². The first-order chi connectivity index (χ1) is 12.1. The van der Waals surface area contributed by atoms with Crippen LogP contribution in [0.5, 0.6) is 0 Å². The van der Waals surface area contributed by atoms with Gasteiger partial charge in [0.2, 0.25) is 0 Å². The van der Waals surface area contributed by atoms with Gasteiger partial charge in [0.25, 0.3) is 0 Å². The number of nitrogens with zero attached hydrogens (tertiary/aromatic N) is 4. The number of rotatable bonds is 5. The van der Waals surface area contributed by atoms with Crippen LogP contribution in [0.2, 0.25) is 0 Å². The highest BCUT2D eigenvalue weighted by Crippen LogP contribution is 2.34. The van der Waals surface area contributed by atoms with Crippen molar-refractivity contribution in [3.05, 3.63) is 12.0 Å². The van der Waals surface area contributed by atoms with Gasteiger partial charge in [-0.05, 0) is 5.92 Å². The van der Waals surface area contributed by atoms with Crippen molar-refractivity contribution < 1.29 is 27.6 Å². The van der Waals surface area contributed by atoms with Crippen LogP contribution in [0.1, 0.15) is 31.7 Å². The van der Waals surface area contributed by atoms with E-state index in [-0.39, 0.29) is 11.7 Å². The largest absolute Gasteiger partial charge is 0.387 e. The quantitative estimate of drug-likeness (QED) is 0.463. The van der Waals surface area contributed by atoms with Crippen molar-refractivity contribution >= 4 is 27.2 Å². The summed E-state index contributed by atoms with van der Waals surface area (Å²) in [7, 11) is -4.21. The van der Waals surface area contributed by atoms with Crippen LogP contribution in [-0.2, 0) is 19.2 Å². The summed E-state index contributed by atoms with van der Waals surface area (Å²) in [5.41, 5.74) is 6.86. The van der Waals surface area contributed by atoms with Gasteiger partial charge in [-0.1, -0.05) is 13.8 Å². The summed E-state index contributed by atoms with van der Waals surface area (Å²) >= 11 is 0. The number of anilines is 1. The molecule has 1 aliphatic rings. The van der Waals surface area contributed by atoms with Crippen LogP contribution < -0.4 is 10.9 Å². The van der Waals surface area contributed by atoms with Gasteiger partial charge in [-0.25, -0.2) is 19.8 Å². The molecule has 2 aromatic rings. The molecule has 4 atom stereocenters. The zero-order valence-corrected chi connectivity index (χ0v) is 14.9. The smallest absolute Gasteiger partial charge is 0.333 e. The van der Waals surface area contributed by atoms with E-state index in [1.54, 1.807) is 0 Å². The molecule has 2 aromatic heterocycles. The minimum absolute atomic E-state index is 0.0166. The molecule has 0 saturated carbocycles. The van der Waals surface area contributed by atoms with Gasteiger partial charge in [0.1, 0.15) is 30.5 Å². The third-order valence-electron chi connectivity index (χ3n) is 4.07. The third kappa shape index (κ3) is 3.36. The first-order valence-corrected chi connectivity index (χ1v) is 9.24. The Kier molecular flexibility index (Phi) is 4.85. The molecule has 26 heavy (non-hydrogen) atoms. The van der Waals surface area contributed by atoms with E-state index in [2.05, 4.69) is 19.2 Å². The predicted octanol–water partition coefficient (Wildman–Crippen LogP) is -1.63. The van der Waals surface area contributed by atoms with Crippen molar-refractivity contribution in [3.8, 4) is 0 Å². The molecule has 0 aliphatic carbocycles. The predicted molar refractivity (Wildman–Crippen MR) is 88.8 cm³/mol. The van der Waals surface area contributed by atoms with Crippen molar-refractivity contribution in [1.29, 1.82) is 0 Å². The number of hydrogen-bond acceptors (Lipinski definition) is 10. The molecule has 12 nitrogen and oxygen atoms in total. The Morgan fingerprint density at radius 2 is 2.04 bits per heavy atom. The number of aromatic nitrogens is 4. The highest BCUT2D eigenvalue weighted by molar-refractivity contribution is 7.84. The van der Waals surface area contributed by atoms with E-state index in [1.165, 1.54) is 11.0 Å². The molecule has 144 valence electrons. The second kappa shape index (κ2) is 6.68. The standard InChI is InChI=1S/C13H20N6O6S/c1-5(2)8-7-11(14)16-4-17-12(7)19(18-8)13-10(21)9(20)6(25-13)3-24-26(15,22)23/h4-6,9-10,13,20-21H,3H2,1-2H3,(H2,14,16,17)(H2,15,22,23)/t6-,9?,10+,13-/m1/s1. The number of aliphatic hydroxyl groups is 2. The fraction of sp³-hybridized carbons (Fsp3) is 0.615. The Bertz CT molecular complexity index is 915. The van der Waals surface area contributed by atoms with E-state index in [1.807, 2.05) is 13.8 Å². The monoisotopic (exact) mass is 388 g/mol. The molecular weight excluding hydrogens is 368 g/mol. The molecule has 1 saturated heterocycles. The van der Waals surface area contributed by atoms with Crippen LogP contribution in [0.15, 0.2) is 6.33 Å². The Morgan fingerprint density at radius 1 is 1.35 bits per heavy atom. The zero-order valence-electron chi connectivity index (χ0n) is 14.1. The summed E-state index contributed by atoms with van der Waals surface area (Å²) in [6.07, 6.45) is -3.82. The second-order valence-electron chi connectivity index (χ2n) is 6.27. The highest BCUT2D eigenvalue weighted by atomic mass is 32.2. The minimum Gasteiger partial charge on any atom is -0.387 e. The maximum absolute atomic E-state index is 10.9. The average Bonchev–Trinajstić information content (AvgIpc) is 3.06. The Morgan fingerprint density at radius 3 is 2.65 bits per heavy atom. The summed E-state index contributed by atoms with van der Waals surface area (Å²) in [4.78, 5) is 8.10. The van der Waals surface area contributed by atoms with E-state index in [4.69, 9.17) is 15.6 Å². The summed E-state index contributed by atoms with van der Waals surface area (Å²) < 4.78 is 33.2. The molecule has 0 spiro atoms. The van der Waals surface area contributed by atoms with E-state index in [0.717, 1.165) is 0 Å². The first kappa shape index (κ1) is 18.9. The van der Waals surface area contributed by atoms with Crippen molar-refractivity contribution in [2.24, 2.45) is 5.14 Å². The summed E-state index contributed by atoms with van der Waals surface area (Å²) in [6.45, 7) is 3.26. The Hall–Kier alpha value is -1.90. The molecular formula is C13H20N6O6S. The van der Waals surface area contributed by atoms with E-state index >= 15 is 0 Å². The summed E-state index contributed by atoms with van der Waals surface area (Å²) in [6, 6.07) is 0. The van der Waals surface area contributed by atoms with Gasteiger partial charge in [0.05, 0.1) is 17.7 Å². The maximum Gasteiger partial charge on any atom is 0.333 e. The second-order valence-corrected chi connectivity index (χ2v) is 7.49. The van der Waals surface area contributed by atoms with Crippen molar-refractivity contribution in [2.75, 3.05) is 12.3 Å². The van der Waals surface area contributed by atoms with Crippen LogP contribution in [0.4, 0.5) is 5.82 Å². The van der Waals surface area contributed by atoms with Gasteiger partial charge in [0.15, 0.2) is 11.9 Å². The topological polar surface area (TPSA) is 189 Å². The summed E-state index contributed by atoms with van der Waals surface area (Å²) in [5, 5.41) is 30.2. The molecule has 6 N–H and O–H groups in total. The molecule has 13 heteroatoms. The number of fused-ring (bicyclic) bond motifs is 1. The lowest BCUT2D eigenvalue weighted by Gasteiger charge is -2.15. The van der Waals surface area contributed by atoms with Crippen LogP contribution >= 0.6 is 0 Å². The molecule has 0 radical (unpaired) electrons. The summed E-state index contributed by atoms with van der Waals surface area (Å²) in [5.74, 6) is 0.212. The molecule has 0 aromatic carbocycles. The number of nitrogen functional groups attached to an aromatic ring is 1. The van der Waals surface area contributed by atoms with Gasteiger partial charge in [-0.3, -0.25) is 4.18 Å². The lowest BCUT2D eigenvalue weighted by molar-refractivity contribution is -0.0528. The Balaban J connectivity index is 1.98. The van der Waals surface area contributed by atoms with Gasteiger partial charge < -0.3 is 20.7 Å². The molecule has 3 rings (SSSR count). The molecule has 0 bridgehead atoms. The fourth-order valence-electron chi connectivity index (χ4n) is 2.83. The van der Waals surface area contributed by atoms with E-state index in [0.29, 0.717) is 16.7 Å². The molecule has 3 heterocycles. The third-order valence-corrected chi connectivity index (χ3v) is 4.53. The lowest BCUT2D eigenvalue weighted by atomic mass is 10.1. The van der Waals surface area contributed by atoms with Gasteiger partial charge >= 0.3 is 10.3 Å². The van der Waals surface area contributed by atoms with Crippen molar-refractivity contribution in [2.45, 2.75) is 44.3 Å². The van der Waals surface area contributed by atoms with Crippen LogP contribution in [0, 0.1) is 0 Å². The number of hydrogen-bond donors (Lipinski definition) is 4. The van der Waals surface area contributed by atoms with Gasteiger partial charge in [-0.2, -0.15) is 13.5 Å². The van der Waals surface area contributed by atoms with Crippen LogP contribution in [-0.4, -0.2) is 63.3 Å². The molecule has 1 fully saturated rings. The van der Waals surface area contributed by atoms with Crippen LogP contribution in [0.25, 0.3) is 11.0 Å². The lowest BCUT2D eigenvalue weighted by Crippen LogP contribution is -2.35. The normalized spacial score (nSPS) is 26.8. The number of nitrogens with two attached hydrogens (primary N) is 2. The minimum atomic E-state index is -4.21. The molecule has 1 aliphatic heterocycles. The average molecular weight is 388 g/mol. The number of ether oxygens (including phenoxy) is 1. The first-order valence-electron chi connectivity index (χ1n) is 7.77. The highest BCUT2D eigenvalue weighted by Gasteiger charge is 2.45. The number of aliphatic hydroxyl groups excluding tert-OH is 2. The molecule has 1 unspecified atom stereocenters. The zero-order chi connectivity index (χ0) is 19.2. The van der Waals surface area contributed by atoms with Crippen molar-refractivity contribution in [3.63, 3.8) is 0 Å². The molecule has 0 amide bonds. The van der Waals surface area contributed by atoms with Crippen molar-refractivity contribution in [1.82, 2.24) is 19.7 Å². The van der Waals surface area contributed by atoms with Gasteiger partial charge in [0, 0.05) is 0 Å². The maximum atomic E-state index is 10.9. The fourth-order valence-corrected chi connectivity index (χ4v) is 3.16. The Labute approximate surface area is 149 Å².